The highest BCUT2D eigenvalue weighted by molar-refractivity contribution is 8.81. The van der Waals surface area contributed by atoms with Crippen molar-refractivity contribution >= 4 is 380 Å². The molecule has 0 atom stereocenters. The highest BCUT2D eigenvalue weighted by atomic mass is 33.5. The molecule has 0 bridgehead atoms. The molecule has 1 aromatic carbocycles. The Morgan fingerprint density at radius 1 is 0.379 bits per heavy atom. The fourth-order valence-corrected chi connectivity index (χ4v) is 105. The van der Waals surface area contributed by atoms with E-state index >= 15 is 0 Å². The van der Waals surface area contributed by atoms with Crippen LogP contribution < -0.4 is 11.5 Å². The topological polar surface area (TPSA) is 61.3 Å². The van der Waals surface area contributed by atoms with Gasteiger partial charge in [-0.1, -0.05) is 12.8 Å². The van der Waals surface area contributed by atoms with Gasteiger partial charge in [0.05, 0.1) is 22.6 Å². The van der Waals surface area contributed by atoms with E-state index < -0.39 is 0 Å². The number of benzene rings is 1. The number of hydrogen-bond acceptors (Lipinski definition) is 5. The smallest absolute Gasteiger partial charge is 0.0947 e. The average Bonchev–Trinajstić information content (AvgIpc) is 3.76. The maximum absolute atomic E-state index is 6.37. The van der Waals surface area contributed by atoms with E-state index in [1.54, 1.807) is 107 Å². The molecule has 1 aromatic rings. The number of hydrogen-bond donors (Lipinski definition) is 2. The lowest BCUT2D eigenvalue weighted by Gasteiger charge is -2.28. The molecule has 1 fully saturated rings. The van der Waals surface area contributed by atoms with Gasteiger partial charge in [0.2, 0.25) is 0 Å². The molecule has 1 heterocycles. The van der Waals surface area contributed by atoms with Gasteiger partial charge >= 0.3 is 0 Å². The molecule has 0 saturated heterocycles. The normalized spacial score (nSPS) is 12.5. The second-order valence-electron chi connectivity index (χ2n) is 8.49. The van der Waals surface area contributed by atoms with Crippen molar-refractivity contribution in [2.45, 2.75) is 50.7 Å². The van der Waals surface area contributed by atoms with Gasteiger partial charge < -0.3 is 16.2 Å². The van der Waals surface area contributed by atoms with Gasteiger partial charge in [0.15, 0.2) is 0 Å². The summed E-state index contributed by atoms with van der Waals surface area (Å²) < 4.78 is 6.37. The number of nitrogens with two attached hydrogens (primary N) is 2. The first-order valence-corrected chi connectivity index (χ1v) is 66.3. The molecule has 0 amide bonds. The lowest BCUT2D eigenvalue weighted by atomic mass is 9.87. The Morgan fingerprint density at radius 2 is 0.586 bits per heavy atom. The van der Waals surface area contributed by atoms with E-state index in [1.165, 1.54) is 41.7 Å². The Labute approximate surface area is 458 Å². The molecule has 1 spiro atoms. The Hall–Kier alpha value is 7.80. The molecule has 3 rings (SSSR count). The van der Waals surface area contributed by atoms with Crippen LogP contribution in [0.4, 0.5) is 11.4 Å². The van der Waals surface area contributed by atoms with E-state index in [2.05, 4.69) is 13.8 Å². The van der Waals surface area contributed by atoms with Crippen LogP contribution in [0.15, 0.2) is 12.1 Å². The summed E-state index contributed by atoms with van der Waals surface area (Å²) in [6.07, 6.45) is 4.68. The first kappa shape index (κ1) is 61.9. The second kappa shape index (κ2) is 43.6. The zero-order valence-corrected chi connectivity index (χ0v) is 60.8. The van der Waals surface area contributed by atoms with E-state index in [1.807, 2.05) is 234 Å². The highest BCUT2D eigenvalue weighted by Gasteiger charge is 2.50. The third-order valence-electron chi connectivity index (χ3n) is 5.28. The molecule has 3 nitrogen and oxygen atoms in total. The highest BCUT2D eigenvalue weighted by Crippen LogP contribution is 2.55. The SMILES string of the molecule is CC1(C)OC2(CCCC2)c2cc(N)c(N)cc21.S=S=S=S=S=S=S=S=S=S=S=S=S=S=S=S=S=S=S=S=S=S=S=S=S=S=S=S=S=S=S=S=S=S=S=S=S=S=S=S=S. The van der Waals surface area contributed by atoms with Crippen LogP contribution in [0.2, 0.25) is 0 Å². The van der Waals surface area contributed by atoms with Gasteiger partial charge in [0, 0.05) is 369 Å². The molecule has 1 aliphatic heterocycles. The summed E-state index contributed by atoms with van der Waals surface area (Å²) in [7, 11) is 69.2. The van der Waals surface area contributed by atoms with Gasteiger partial charge in [0.1, 0.15) is 0 Å². The summed E-state index contributed by atoms with van der Waals surface area (Å²) in [5.41, 5.74) is 15.4. The van der Waals surface area contributed by atoms with E-state index in [4.69, 9.17) is 38.6 Å². The minimum Gasteiger partial charge on any atom is -0.397 e. The average molecular weight is 1550 g/mol. The molecule has 1 saturated carbocycles. The van der Waals surface area contributed by atoms with Crippen molar-refractivity contribution in [3.63, 3.8) is 0 Å². The Bertz CT molecular complexity index is 3340. The summed E-state index contributed by atoms with van der Waals surface area (Å²) in [5, 5.41) is 0. The predicted octanol–water partition coefficient (Wildman–Crippen LogP) is 2.79. The molecule has 1 aliphatic carbocycles. The summed E-state index contributed by atoms with van der Waals surface area (Å²) >= 11 is 9.61. The van der Waals surface area contributed by atoms with Crippen molar-refractivity contribution in [2.75, 3.05) is 11.5 Å². The third-order valence-corrected chi connectivity index (χ3v) is 89.7. The molecule has 0 aromatic heterocycles. The van der Waals surface area contributed by atoms with E-state index in [0.29, 0.717) is 11.4 Å². The molecular formula is C14H20N2OS41. The first-order chi connectivity index (χ1) is 28.4. The van der Waals surface area contributed by atoms with Crippen LogP contribution in [0.25, 0.3) is 0 Å². The Balaban J connectivity index is 0.000000554. The first-order valence-electron chi connectivity index (χ1n) is 13.0. The quantitative estimate of drug-likeness (QED) is 0.393. The number of fused-ring (bicyclic) bond motifs is 2. The molecule has 4 N–H and O–H groups in total. The van der Waals surface area contributed by atoms with Crippen molar-refractivity contribution in [3.05, 3.63) is 23.3 Å². The van der Waals surface area contributed by atoms with E-state index in [0.717, 1.165) is 12.8 Å². The summed E-state index contributed by atoms with van der Waals surface area (Å²) in [6, 6.07) is 4.03. The molecule has 2 aliphatic rings. The summed E-state index contributed by atoms with van der Waals surface area (Å²) in [5.74, 6) is 0. The maximum atomic E-state index is 6.37. The fourth-order valence-electron chi connectivity index (χ4n) is 3.84. The number of nitrogen functional groups attached to an aromatic ring is 2. The molecule has 44 heteroatoms. The lowest BCUT2D eigenvalue weighted by molar-refractivity contribution is -0.122. The minimum atomic E-state index is -0.249. The number of ether oxygens (including phenoxy) is 1. The predicted molar refractivity (Wildman–Crippen MR) is 371 cm³/mol. The van der Waals surface area contributed by atoms with Crippen LogP contribution >= 0.6 is 0 Å². The van der Waals surface area contributed by atoms with Crippen LogP contribution in [-0.2, 0) is 385 Å². The Kier molecular flexibility index (Phi) is 46.5. The minimum absolute atomic E-state index is 0.0966. The standard InChI is InChI=1S/C14H20N2O.S41/c1-13(2)9-7-11(15)12(16)8-10(9)14(17-13)5-3-4-6-14;1-3-5-7-9-11-13-15-17-19-21-23-25-27-29-31-33-35-37-39-41-40-38-36-34-32-30-28-26-24-22-20-18-16-14-12-10-8-6-4-2/h7-8H,3-6,15-16H2,1-2H3;. The van der Waals surface area contributed by atoms with E-state index in [-0.39, 0.29) is 11.2 Å². The monoisotopic (exact) mass is 1540 g/mol. The summed E-state index contributed by atoms with van der Waals surface area (Å²) in [6.45, 7) is 4.24. The van der Waals surface area contributed by atoms with Crippen LogP contribution in [0.5, 0.6) is 0 Å². The number of anilines is 2. The van der Waals surface area contributed by atoms with Gasteiger partial charge in [-0.2, -0.15) is 0 Å². The van der Waals surface area contributed by atoms with Crippen molar-refractivity contribution < 1.29 is 4.74 Å². The molecular weight excluding hydrogens is 1530 g/mol. The third kappa shape index (κ3) is 31.9. The van der Waals surface area contributed by atoms with Gasteiger partial charge in [0.25, 0.3) is 0 Å². The van der Waals surface area contributed by atoms with Crippen LogP contribution in [0.1, 0.15) is 50.7 Å². The maximum Gasteiger partial charge on any atom is 0.0947 e. The van der Waals surface area contributed by atoms with Crippen LogP contribution in [-0.4, -0.2) is 0 Å². The van der Waals surface area contributed by atoms with Crippen LogP contribution in [0, 0.1) is 0 Å². The zero-order valence-electron chi connectivity index (χ0n) is 27.3. The number of rotatable bonds is 0. The van der Waals surface area contributed by atoms with Gasteiger partial charge in [-0.05, 0) is 49.9 Å². The van der Waals surface area contributed by atoms with Crippen molar-refractivity contribution in [1.82, 2.24) is 0 Å². The fraction of sp³-hybridized carbons (Fsp3) is 0.571. The molecule has 338 valence electrons. The molecule has 58 heavy (non-hydrogen) atoms. The largest absolute Gasteiger partial charge is 0.397 e. The zero-order chi connectivity index (χ0) is 41.8. The van der Waals surface area contributed by atoms with Crippen molar-refractivity contribution in [1.29, 1.82) is 0 Å². The van der Waals surface area contributed by atoms with Crippen LogP contribution in [0.3, 0.4) is 0 Å². The summed E-state index contributed by atoms with van der Waals surface area (Å²) in [4.78, 5) is 0. The van der Waals surface area contributed by atoms with Gasteiger partial charge in [-0.3, -0.25) is 0 Å². The second-order valence-corrected chi connectivity index (χ2v) is 77.5. The van der Waals surface area contributed by atoms with Crippen molar-refractivity contribution in [2.24, 2.45) is 0 Å². The Morgan fingerprint density at radius 3 is 0.810 bits per heavy atom. The van der Waals surface area contributed by atoms with Gasteiger partial charge in [-0.25, -0.2) is 0 Å². The lowest BCUT2D eigenvalue weighted by Crippen LogP contribution is -2.25. The van der Waals surface area contributed by atoms with Gasteiger partial charge in [-0.15, -0.1) is 0 Å². The van der Waals surface area contributed by atoms with E-state index in [9.17, 15) is 0 Å². The molecule has 0 radical (unpaired) electrons. The van der Waals surface area contributed by atoms with Crippen molar-refractivity contribution in [3.8, 4) is 0 Å². The molecule has 0 unspecified atom stereocenters.